The summed E-state index contributed by atoms with van der Waals surface area (Å²) in [6.07, 6.45) is -4.43. The van der Waals surface area contributed by atoms with E-state index in [0.29, 0.717) is 6.54 Å². The van der Waals surface area contributed by atoms with Crippen molar-refractivity contribution >= 4 is 17.2 Å². The van der Waals surface area contributed by atoms with Crippen LogP contribution in [-0.4, -0.2) is 5.91 Å². The summed E-state index contributed by atoms with van der Waals surface area (Å²) in [5.74, 6) is -0.154. The van der Waals surface area contributed by atoms with Crippen molar-refractivity contribution in [3.05, 3.63) is 70.1 Å². The Hall–Kier alpha value is -2.54. The number of furan rings is 1. The van der Waals surface area contributed by atoms with Crippen LogP contribution in [-0.2, 0) is 12.7 Å². The Kier molecular flexibility index (Phi) is 4.44. The van der Waals surface area contributed by atoms with Gasteiger partial charge in [0, 0.05) is 12.1 Å². The number of amides is 1. The number of hydrogen-bond acceptors (Lipinski definition) is 3. The maximum atomic E-state index is 12.8. The molecule has 7 heteroatoms. The number of hydrogen-bond donors (Lipinski definition) is 1. The van der Waals surface area contributed by atoms with Gasteiger partial charge < -0.3 is 9.73 Å². The van der Waals surface area contributed by atoms with Crippen LogP contribution in [0.4, 0.5) is 13.2 Å². The quantitative estimate of drug-likeness (QED) is 0.722. The summed E-state index contributed by atoms with van der Waals surface area (Å²) in [5, 5.41) is 6.51. The SMILES string of the molecule is O=C(NCc1ccsc1)c1ccc(-c2cccc(C(F)(F)F)c2)o1. The summed E-state index contributed by atoms with van der Waals surface area (Å²) in [5.41, 5.74) is 0.472. The number of thiophene rings is 1. The van der Waals surface area contributed by atoms with Crippen LogP contribution in [0, 0.1) is 0 Å². The molecule has 2 heterocycles. The predicted molar refractivity (Wildman–Crippen MR) is 84.6 cm³/mol. The Morgan fingerprint density at radius 1 is 1.17 bits per heavy atom. The molecule has 0 radical (unpaired) electrons. The van der Waals surface area contributed by atoms with E-state index >= 15 is 0 Å². The molecule has 0 atom stereocenters. The lowest BCUT2D eigenvalue weighted by Gasteiger charge is -2.07. The Bertz CT molecular complexity index is 838. The van der Waals surface area contributed by atoms with Crippen LogP contribution < -0.4 is 5.32 Å². The first-order valence-electron chi connectivity index (χ1n) is 7.00. The van der Waals surface area contributed by atoms with Crippen molar-refractivity contribution in [3.63, 3.8) is 0 Å². The molecule has 3 nitrogen and oxygen atoms in total. The van der Waals surface area contributed by atoms with Crippen molar-refractivity contribution < 1.29 is 22.4 Å². The molecule has 0 fully saturated rings. The largest absolute Gasteiger partial charge is 0.451 e. The summed E-state index contributed by atoms with van der Waals surface area (Å²) in [6.45, 7) is 0.363. The van der Waals surface area contributed by atoms with Gasteiger partial charge in [-0.1, -0.05) is 12.1 Å². The molecule has 3 aromatic rings. The van der Waals surface area contributed by atoms with E-state index in [2.05, 4.69) is 5.32 Å². The monoisotopic (exact) mass is 351 g/mol. The van der Waals surface area contributed by atoms with Crippen LogP contribution in [0.2, 0.25) is 0 Å². The fourth-order valence-electron chi connectivity index (χ4n) is 2.13. The first kappa shape index (κ1) is 16.3. The van der Waals surface area contributed by atoms with Crippen molar-refractivity contribution in [2.75, 3.05) is 0 Å². The molecule has 0 aliphatic carbocycles. The van der Waals surface area contributed by atoms with E-state index in [9.17, 15) is 18.0 Å². The van der Waals surface area contributed by atoms with E-state index in [1.807, 2.05) is 16.8 Å². The highest BCUT2D eigenvalue weighted by Crippen LogP contribution is 2.32. The zero-order valence-electron chi connectivity index (χ0n) is 12.3. The third-order valence-electron chi connectivity index (χ3n) is 3.34. The van der Waals surface area contributed by atoms with Crippen LogP contribution in [0.15, 0.2) is 57.6 Å². The number of alkyl halides is 3. The molecule has 1 N–H and O–H groups in total. The highest BCUT2D eigenvalue weighted by molar-refractivity contribution is 7.07. The zero-order valence-corrected chi connectivity index (χ0v) is 13.1. The maximum Gasteiger partial charge on any atom is 0.416 e. The van der Waals surface area contributed by atoms with Gasteiger partial charge >= 0.3 is 6.18 Å². The summed E-state index contributed by atoms with van der Waals surface area (Å²) >= 11 is 1.53. The number of nitrogens with one attached hydrogen (secondary N) is 1. The van der Waals surface area contributed by atoms with E-state index < -0.39 is 17.6 Å². The highest BCUT2D eigenvalue weighted by Gasteiger charge is 2.30. The minimum atomic E-state index is -4.43. The van der Waals surface area contributed by atoms with Gasteiger partial charge in [0.1, 0.15) is 5.76 Å². The van der Waals surface area contributed by atoms with Gasteiger partial charge in [0.2, 0.25) is 0 Å². The first-order chi connectivity index (χ1) is 11.4. The topological polar surface area (TPSA) is 42.2 Å². The third-order valence-corrected chi connectivity index (χ3v) is 4.07. The Labute approximate surface area is 139 Å². The second-order valence-electron chi connectivity index (χ2n) is 5.06. The third kappa shape index (κ3) is 3.68. The molecular weight excluding hydrogens is 339 g/mol. The summed E-state index contributed by atoms with van der Waals surface area (Å²) in [6, 6.07) is 9.60. The second kappa shape index (κ2) is 6.52. The van der Waals surface area contributed by atoms with Gasteiger partial charge in [-0.25, -0.2) is 0 Å². The number of benzene rings is 1. The first-order valence-corrected chi connectivity index (χ1v) is 7.94. The van der Waals surface area contributed by atoms with Crippen molar-refractivity contribution in [3.8, 4) is 11.3 Å². The van der Waals surface area contributed by atoms with E-state index in [4.69, 9.17) is 4.42 Å². The molecule has 0 spiro atoms. The van der Waals surface area contributed by atoms with Gasteiger partial charge in [-0.15, -0.1) is 0 Å². The lowest BCUT2D eigenvalue weighted by Crippen LogP contribution is -2.21. The molecule has 0 saturated carbocycles. The molecule has 1 aromatic carbocycles. The van der Waals surface area contributed by atoms with E-state index in [1.165, 1.54) is 35.6 Å². The Morgan fingerprint density at radius 2 is 2.00 bits per heavy atom. The normalized spacial score (nSPS) is 11.5. The molecule has 0 aliphatic rings. The van der Waals surface area contributed by atoms with Gasteiger partial charge in [0.25, 0.3) is 5.91 Å². The lowest BCUT2D eigenvalue weighted by atomic mass is 10.1. The van der Waals surface area contributed by atoms with E-state index in [1.54, 1.807) is 0 Å². The molecule has 0 aliphatic heterocycles. The van der Waals surface area contributed by atoms with Crippen LogP contribution in [0.25, 0.3) is 11.3 Å². The van der Waals surface area contributed by atoms with Gasteiger partial charge in [0.05, 0.1) is 5.56 Å². The molecule has 0 bridgehead atoms. The van der Waals surface area contributed by atoms with Crippen molar-refractivity contribution in [1.82, 2.24) is 5.32 Å². The van der Waals surface area contributed by atoms with Gasteiger partial charge in [-0.05, 0) is 46.7 Å². The minimum Gasteiger partial charge on any atom is -0.451 e. The molecule has 24 heavy (non-hydrogen) atoms. The fraction of sp³-hybridized carbons (Fsp3) is 0.118. The molecule has 0 saturated heterocycles. The van der Waals surface area contributed by atoms with E-state index in [0.717, 1.165) is 17.7 Å². The average molecular weight is 351 g/mol. The van der Waals surface area contributed by atoms with Gasteiger partial charge in [-0.3, -0.25) is 4.79 Å². The number of carbonyl (C=O) groups is 1. The predicted octanol–water partition coefficient (Wildman–Crippen LogP) is 4.96. The summed E-state index contributed by atoms with van der Waals surface area (Å²) in [4.78, 5) is 12.0. The average Bonchev–Trinajstić information content (AvgIpc) is 3.23. The number of halogens is 3. The summed E-state index contributed by atoms with van der Waals surface area (Å²) < 4.78 is 43.7. The number of carbonyl (C=O) groups excluding carboxylic acids is 1. The van der Waals surface area contributed by atoms with Crippen LogP contribution in [0.5, 0.6) is 0 Å². The fourth-order valence-corrected chi connectivity index (χ4v) is 2.80. The van der Waals surface area contributed by atoms with Crippen LogP contribution in [0.1, 0.15) is 21.7 Å². The summed E-state index contributed by atoms with van der Waals surface area (Å²) in [7, 11) is 0. The van der Waals surface area contributed by atoms with E-state index in [-0.39, 0.29) is 17.1 Å². The zero-order chi connectivity index (χ0) is 17.2. The van der Waals surface area contributed by atoms with Crippen LogP contribution >= 0.6 is 11.3 Å². The number of rotatable bonds is 4. The van der Waals surface area contributed by atoms with Crippen molar-refractivity contribution in [2.24, 2.45) is 0 Å². The molecule has 3 rings (SSSR count). The molecule has 1 amide bonds. The molecular formula is C17H12F3NO2S. The molecule has 0 unspecified atom stereocenters. The lowest BCUT2D eigenvalue weighted by molar-refractivity contribution is -0.137. The Morgan fingerprint density at radius 3 is 2.71 bits per heavy atom. The smallest absolute Gasteiger partial charge is 0.416 e. The minimum absolute atomic E-state index is 0.0534. The van der Waals surface area contributed by atoms with Gasteiger partial charge in [-0.2, -0.15) is 24.5 Å². The van der Waals surface area contributed by atoms with Crippen molar-refractivity contribution in [2.45, 2.75) is 12.7 Å². The Balaban J connectivity index is 1.74. The highest BCUT2D eigenvalue weighted by atomic mass is 32.1. The second-order valence-corrected chi connectivity index (χ2v) is 5.84. The molecule has 124 valence electrons. The standard InChI is InChI=1S/C17H12F3NO2S/c18-17(19,20)13-3-1-2-12(8-13)14-4-5-15(23-14)16(22)21-9-11-6-7-24-10-11/h1-8,10H,9H2,(H,21,22). The molecule has 2 aromatic heterocycles. The maximum absolute atomic E-state index is 12.8. The van der Waals surface area contributed by atoms with Gasteiger partial charge in [0.15, 0.2) is 5.76 Å². The van der Waals surface area contributed by atoms with Crippen molar-refractivity contribution in [1.29, 1.82) is 0 Å². The van der Waals surface area contributed by atoms with Crippen LogP contribution in [0.3, 0.4) is 0 Å².